The molecule has 0 spiro atoms. The van der Waals surface area contributed by atoms with E-state index in [2.05, 4.69) is 5.32 Å². The Bertz CT molecular complexity index is 332. The molecule has 1 aliphatic heterocycles. The van der Waals surface area contributed by atoms with Gasteiger partial charge in [-0.2, -0.15) is 0 Å². The first-order valence-corrected chi connectivity index (χ1v) is 8.65. The predicted molar refractivity (Wildman–Crippen MR) is 85.4 cm³/mol. The molecule has 1 saturated heterocycles. The Morgan fingerprint density at radius 3 is 2.57 bits per heavy atom. The minimum atomic E-state index is -0.403. The first kappa shape index (κ1) is 16.6. The van der Waals surface area contributed by atoms with Gasteiger partial charge in [0.05, 0.1) is 0 Å². The second-order valence-electron chi connectivity index (χ2n) is 7.66. The van der Waals surface area contributed by atoms with Crippen molar-refractivity contribution in [3.63, 3.8) is 0 Å². The number of ether oxygens (including phenoxy) is 1. The Morgan fingerprint density at radius 1 is 1.19 bits per heavy atom. The van der Waals surface area contributed by atoms with Crippen LogP contribution in [0.4, 0.5) is 4.79 Å². The highest BCUT2D eigenvalue weighted by Gasteiger charge is 2.27. The summed E-state index contributed by atoms with van der Waals surface area (Å²) in [5.74, 6) is 0.933. The third kappa shape index (κ3) is 5.85. The van der Waals surface area contributed by atoms with E-state index >= 15 is 0 Å². The monoisotopic (exact) mass is 296 g/mol. The van der Waals surface area contributed by atoms with Crippen LogP contribution in [0, 0.1) is 5.92 Å². The molecule has 122 valence electrons. The highest BCUT2D eigenvalue weighted by molar-refractivity contribution is 5.68. The third-order valence-corrected chi connectivity index (χ3v) is 4.53. The molecule has 2 aliphatic rings. The lowest BCUT2D eigenvalue weighted by atomic mass is 10.0. The van der Waals surface area contributed by atoms with Crippen LogP contribution in [0.3, 0.4) is 0 Å². The van der Waals surface area contributed by atoms with Crippen LogP contribution in [0.15, 0.2) is 0 Å². The van der Waals surface area contributed by atoms with Crippen molar-refractivity contribution in [2.75, 3.05) is 19.6 Å². The second-order valence-corrected chi connectivity index (χ2v) is 7.66. The van der Waals surface area contributed by atoms with Crippen molar-refractivity contribution in [1.82, 2.24) is 10.2 Å². The van der Waals surface area contributed by atoms with Gasteiger partial charge in [-0.3, -0.25) is 0 Å². The maximum Gasteiger partial charge on any atom is 0.410 e. The maximum absolute atomic E-state index is 12.1. The Labute approximate surface area is 129 Å². The molecule has 4 heteroatoms. The maximum atomic E-state index is 12.1. The predicted octanol–water partition coefficient (Wildman–Crippen LogP) is 3.56. The first-order valence-electron chi connectivity index (χ1n) is 8.65. The largest absolute Gasteiger partial charge is 0.444 e. The fourth-order valence-corrected chi connectivity index (χ4v) is 3.43. The zero-order chi connectivity index (χ0) is 15.3. The van der Waals surface area contributed by atoms with Gasteiger partial charge in [0.15, 0.2) is 0 Å². The molecular formula is C17H32N2O2. The summed E-state index contributed by atoms with van der Waals surface area (Å²) in [4.78, 5) is 14.0. The summed E-state index contributed by atoms with van der Waals surface area (Å²) in [6, 6.07) is 0.438. The average molecular weight is 296 g/mol. The van der Waals surface area contributed by atoms with Gasteiger partial charge >= 0.3 is 6.09 Å². The van der Waals surface area contributed by atoms with Crippen molar-refractivity contribution in [3.8, 4) is 0 Å². The van der Waals surface area contributed by atoms with Crippen LogP contribution in [-0.2, 0) is 4.74 Å². The van der Waals surface area contributed by atoms with Crippen molar-refractivity contribution in [1.29, 1.82) is 0 Å². The SMILES string of the molecule is CC(C)(C)OC(=O)N1CCCC(NCCC2CCCC2)C1. The number of carbonyl (C=O) groups excluding carboxylic acids is 1. The Kier molecular flexibility index (Phi) is 5.91. The van der Waals surface area contributed by atoms with Crippen LogP contribution in [0.2, 0.25) is 0 Å². The molecule has 0 bridgehead atoms. The highest BCUT2D eigenvalue weighted by Crippen LogP contribution is 2.27. The van der Waals surface area contributed by atoms with E-state index in [-0.39, 0.29) is 6.09 Å². The molecule has 0 aromatic heterocycles. The fraction of sp³-hybridized carbons (Fsp3) is 0.941. The average Bonchev–Trinajstić information content (AvgIpc) is 2.90. The zero-order valence-electron chi connectivity index (χ0n) is 14.0. The van der Waals surface area contributed by atoms with Crippen molar-refractivity contribution in [3.05, 3.63) is 0 Å². The van der Waals surface area contributed by atoms with Gasteiger partial charge in [-0.1, -0.05) is 25.7 Å². The summed E-state index contributed by atoms with van der Waals surface area (Å²) >= 11 is 0. The summed E-state index contributed by atoms with van der Waals surface area (Å²) in [6.07, 6.45) is 9.03. The molecule has 1 atom stereocenters. The van der Waals surface area contributed by atoms with E-state index in [1.165, 1.54) is 38.5 Å². The van der Waals surface area contributed by atoms with Crippen LogP contribution in [0.25, 0.3) is 0 Å². The molecular weight excluding hydrogens is 264 g/mol. The summed E-state index contributed by atoms with van der Waals surface area (Å²) in [5, 5.41) is 3.65. The lowest BCUT2D eigenvalue weighted by Crippen LogP contribution is -2.49. The minimum Gasteiger partial charge on any atom is -0.444 e. The van der Waals surface area contributed by atoms with Gasteiger partial charge in [0.2, 0.25) is 0 Å². The number of carbonyl (C=O) groups is 1. The van der Waals surface area contributed by atoms with Gasteiger partial charge in [0, 0.05) is 19.1 Å². The van der Waals surface area contributed by atoms with Crippen LogP contribution < -0.4 is 5.32 Å². The van der Waals surface area contributed by atoms with E-state index in [4.69, 9.17) is 4.74 Å². The van der Waals surface area contributed by atoms with E-state index in [9.17, 15) is 4.79 Å². The zero-order valence-corrected chi connectivity index (χ0v) is 14.0. The van der Waals surface area contributed by atoms with Crippen LogP contribution in [0.5, 0.6) is 0 Å². The minimum absolute atomic E-state index is 0.162. The van der Waals surface area contributed by atoms with Gasteiger partial charge < -0.3 is 15.0 Å². The number of hydrogen-bond donors (Lipinski definition) is 1. The molecule has 21 heavy (non-hydrogen) atoms. The molecule has 2 rings (SSSR count). The Hall–Kier alpha value is -0.770. The summed E-state index contributed by atoms with van der Waals surface area (Å²) in [5.41, 5.74) is -0.403. The molecule has 1 N–H and O–H groups in total. The lowest BCUT2D eigenvalue weighted by Gasteiger charge is -2.34. The molecule has 4 nitrogen and oxygen atoms in total. The van der Waals surface area contributed by atoms with Crippen molar-refractivity contribution < 1.29 is 9.53 Å². The molecule has 1 saturated carbocycles. The van der Waals surface area contributed by atoms with E-state index in [0.717, 1.165) is 32.0 Å². The standard InChI is InChI=1S/C17H32N2O2/c1-17(2,3)21-16(20)19-12-6-9-15(13-19)18-11-10-14-7-4-5-8-14/h14-15,18H,4-13H2,1-3H3. The third-order valence-electron chi connectivity index (χ3n) is 4.53. The number of likely N-dealkylation sites (tertiary alicyclic amines) is 1. The van der Waals surface area contributed by atoms with Gasteiger partial charge in [-0.15, -0.1) is 0 Å². The van der Waals surface area contributed by atoms with E-state index in [1.54, 1.807) is 0 Å². The molecule has 1 aliphatic carbocycles. The van der Waals surface area contributed by atoms with Gasteiger partial charge in [0.1, 0.15) is 5.60 Å². The smallest absolute Gasteiger partial charge is 0.410 e. The fourth-order valence-electron chi connectivity index (χ4n) is 3.43. The van der Waals surface area contributed by atoms with Crippen molar-refractivity contribution in [2.24, 2.45) is 5.92 Å². The number of amides is 1. The molecule has 0 radical (unpaired) electrons. The first-order chi connectivity index (χ1) is 9.94. The topological polar surface area (TPSA) is 41.6 Å². The normalized spacial score (nSPS) is 24.3. The Morgan fingerprint density at radius 2 is 1.90 bits per heavy atom. The quantitative estimate of drug-likeness (QED) is 0.862. The number of hydrogen-bond acceptors (Lipinski definition) is 3. The summed E-state index contributed by atoms with van der Waals surface area (Å²) in [7, 11) is 0. The van der Waals surface area contributed by atoms with E-state index in [0.29, 0.717) is 6.04 Å². The van der Waals surface area contributed by atoms with Crippen molar-refractivity contribution in [2.45, 2.75) is 77.4 Å². The molecule has 1 heterocycles. The second kappa shape index (κ2) is 7.48. The molecule has 0 aromatic rings. The number of nitrogens with one attached hydrogen (secondary N) is 1. The van der Waals surface area contributed by atoms with Crippen LogP contribution in [0.1, 0.15) is 65.7 Å². The summed E-state index contributed by atoms with van der Waals surface area (Å²) < 4.78 is 5.47. The lowest BCUT2D eigenvalue weighted by molar-refractivity contribution is 0.0187. The molecule has 1 unspecified atom stereocenters. The van der Waals surface area contributed by atoms with Gasteiger partial charge in [-0.25, -0.2) is 4.79 Å². The van der Waals surface area contributed by atoms with Gasteiger partial charge in [-0.05, 0) is 52.5 Å². The van der Waals surface area contributed by atoms with Crippen LogP contribution in [-0.4, -0.2) is 42.3 Å². The number of nitrogens with zero attached hydrogens (tertiary/aromatic N) is 1. The number of rotatable bonds is 4. The molecule has 2 fully saturated rings. The molecule has 0 aromatic carbocycles. The Balaban J connectivity index is 1.68. The summed E-state index contributed by atoms with van der Waals surface area (Å²) in [6.45, 7) is 8.48. The molecule has 1 amide bonds. The van der Waals surface area contributed by atoms with E-state index in [1.807, 2.05) is 25.7 Å². The highest BCUT2D eigenvalue weighted by atomic mass is 16.6. The van der Waals surface area contributed by atoms with E-state index < -0.39 is 5.60 Å². The number of piperidine rings is 1. The van der Waals surface area contributed by atoms with Gasteiger partial charge in [0.25, 0.3) is 0 Å². The van der Waals surface area contributed by atoms with Crippen LogP contribution >= 0.6 is 0 Å². The van der Waals surface area contributed by atoms with Crippen molar-refractivity contribution >= 4 is 6.09 Å².